The number of sulfonamides is 1. The SMILES string of the molecule is CC(NS(=O)(=O)c1cnn(C)c1)C(=O)N1CCCCC1CN.Cl. The number of amides is 1. The van der Waals surface area contributed by atoms with Crippen LogP contribution in [-0.4, -0.2) is 54.2 Å². The Labute approximate surface area is 142 Å². The molecule has 2 rings (SSSR count). The molecule has 2 unspecified atom stereocenters. The highest BCUT2D eigenvalue weighted by molar-refractivity contribution is 7.89. The summed E-state index contributed by atoms with van der Waals surface area (Å²) in [5.41, 5.74) is 5.71. The Morgan fingerprint density at radius 2 is 2.22 bits per heavy atom. The maximum absolute atomic E-state index is 12.5. The van der Waals surface area contributed by atoms with E-state index >= 15 is 0 Å². The highest BCUT2D eigenvalue weighted by Crippen LogP contribution is 2.17. The molecule has 23 heavy (non-hydrogen) atoms. The van der Waals surface area contributed by atoms with Gasteiger partial charge in [0, 0.05) is 32.4 Å². The Hall–Kier alpha value is -1.16. The Bertz CT molecular complexity index is 633. The molecule has 1 aromatic rings. The number of aryl methyl sites for hydroxylation is 1. The molecule has 2 heterocycles. The third kappa shape index (κ3) is 4.66. The zero-order valence-corrected chi connectivity index (χ0v) is 14.9. The van der Waals surface area contributed by atoms with E-state index in [1.807, 2.05) is 0 Å². The van der Waals surface area contributed by atoms with E-state index in [0.29, 0.717) is 13.1 Å². The monoisotopic (exact) mass is 365 g/mol. The van der Waals surface area contributed by atoms with Gasteiger partial charge in [0.15, 0.2) is 0 Å². The molecule has 8 nitrogen and oxygen atoms in total. The molecule has 0 radical (unpaired) electrons. The molecule has 10 heteroatoms. The molecule has 0 aliphatic carbocycles. The van der Waals surface area contributed by atoms with Gasteiger partial charge in [-0.3, -0.25) is 9.48 Å². The lowest BCUT2D eigenvalue weighted by Gasteiger charge is -2.36. The van der Waals surface area contributed by atoms with E-state index in [-0.39, 0.29) is 29.3 Å². The minimum Gasteiger partial charge on any atom is -0.337 e. The van der Waals surface area contributed by atoms with Crippen LogP contribution >= 0.6 is 12.4 Å². The van der Waals surface area contributed by atoms with Crippen LogP contribution in [0.5, 0.6) is 0 Å². The predicted molar refractivity (Wildman–Crippen MR) is 88.6 cm³/mol. The van der Waals surface area contributed by atoms with Crippen molar-refractivity contribution in [2.24, 2.45) is 12.8 Å². The summed E-state index contributed by atoms with van der Waals surface area (Å²) >= 11 is 0. The van der Waals surface area contributed by atoms with Gasteiger partial charge in [-0.15, -0.1) is 12.4 Å². The van der Waals surface area contributed by atoms with Gasteiger partial charge in [-0.25, -0.2) is 8.42 Å². The fourth-order valence-electron chi connectivity index (χ4n) is 2.67. The fraction of sp³-hybridized carbons (Fsp3) is 0.692. The third-order valence-corrected chi connectivity index (χ3v) is 5.37. The van der Waals surface area contributed by atoms with Crippen LogP contribution in [0.3, 0.4) is 0 Å². The van der Waals surface area contributed by atoms with Crippen molar-refractivity contribution in [1.29, 1.82) is 0 Å². The van der Waals surface area contributed by atoms with Crippen LogP contribution in [0.4, 0.5) is 0 Å². The molecule has 2 atom stereocenters. The van der Waals surface area contributed by atoms with Crippen molar-refractivity contribution in [1.82, 2.24) is 19.4 Å². The molecule has 3 N–H and O–H groups in total. The van der Waals surface area contributed by atoms with E-state index in [2.05, 4.69) is 9.82 Å². The summed E-state index contributed by atoms with van der Waals surface area (Å²) in [6.45, 7) is 2.58. The molecule has 1 aliphatic rings. The highest BCUT2D eigenvalue weighted by Gasteiger charge is 2.31. The van der Waals surface area contributed by atoms with Crippen LogP contribution in [0.15, 0.2) is 17.3 Å². The molecule has 1 amide bonds. The second-order valence-corrected chi connectivity index (χ2v) is 7.32. The van der Waals surface area contributed by atoms with E-state index in [4.69, 9.17) is 5.73 Å². The number of carbonyl (C=O) groups excluding carboxylic acids is 1. The highest BCUT2D eigenvalue weighted by atomic mass is 35.5. The van der Waals surface area contributed by atoms with Gasteiger partial charge in [0.05, 0.1) is 12.2 Å². The maximum Gasteiger partial charge on any atom is 0.244 e. The van der Waals surface area contributed by atoms with Gasteiger partial charge in [-0.05, 0) is 26.2 Å². The molecule has 1 saturated heterocycles. The molecule has 0 bridgehead atoms. The van der Waals surface area contributed by atoms with Crippen molar-refractivity contribution < 1.29 is 13.2 Å². The zero-order valence-electron chi connectivity index (χ0n) is 13.3. The molecular formula is C13H24ClN5O3S. The number of likely N-dealkylation sites (tertiary alicyclic amines) is 1. The lowest BCUT2D eigenvalue weighted by molar-refractivity contribution is -0.136. The second kappa shape index (κ2) is 8.09. The molecule has 1 aliphatic heterocycles. The van der Waals surface area contributed by atoms with Crippen molar-refractivity contribution in [3.63, 3.8) is 0 Å². The fourth-order valence-corrected chi connectivity index (χ4v) is 3.85. The lowest BCUT2D eigenvalue weighted by Crippen LogP contribution is -2.54. The number of piperidine rings is 1. The number of hydrogen-bond donors (Lipinski definition) is 2. The van der Waals surface area contributed by atoms with Gasteiger partial charge < -0.3 is 10.6 Å². The molecule has 1 fully saturated rings. The average molecular weight is 366 g/mol. The van der Waals surface area contributed by atoms with E-state index in [1.54, 1.807) is 18.9 Å². The second-order valence-electron chi connectivity index (χ2n) is 5.61. The minimum atomic E-state index is -3.76. The first-order valence-electron chi connectivity index (χ1n) is 7.36. The first-order valence-corrected chi connectivity index (χ1v) is 8.85. The number of rotatable bonds is 5. The van der Waals surface area contributed by atoms with Crippen LogP contribution < -0.4 is 10.5 Å². The summed E-state index contributed by atoms with van der Waals surface area (Å²) in [5.74, 6) is -0.234. The first kappa shape index (κ1) is 19.9. The standard InChI is InChI=1S/C13H23N5O3S.ClH/c1-10(13(19)18-6-4-3-5-11(18)7-14)16-22(20,21)12-8-15-17(2)9-12;/h8-11,16H,3-7,14H2,1-2H3;1H. The Balaban J connectivity index is 0.00000264. The average Bonchev–Trinajstić information content (AvgIpc) is 2.93. The number of nitrogens with two attached hydrogens (primary N) is 1. The summed E-state index contributed by atoms with van der Waals surface area (Å²) in [6, 6.07) is -0.844. The van der Waals surface area contributed by atoms with Crippen molar-refractivity contribution in [2.45, 2.75) is 43.2 Å². The van der Waals surface area contributed by atoms with Crippen molar-refractivity contribution >= 4 is 28.3 Å². The third-order valence-electron chi connectivity index (χ3n) is 3.88. The van der Waals surface area contributed by atoms with Crippen LogP contribution in [0.25, 0.3) is 0 Å². The minimum absolute atomic E-state index is 0. The summed E-state index contributed by atoms with van der Waals surface area (Å²) in [5, 5.41) is 3.84. The molecular weight excluding hydrogens is 342 g/mol. The summed E-state index contributed by atoms with van der Waals surface area (Å²) in [7, 11) is -2.13. The largest absolute Gasteiger partial charge is 0.337 e. The van der Waals surface area contributed by atoms with E-state index in [0.717, 1.165) is 19.3 Å². The van der Waals surface area contributed by atoms with Crippen LogP contribution in [0, 0.1) is 0 Å². The molecule has 0 spiro atoms. The number of halogens is 1. The van der Waals surface area contributed by atoms with Crippen LogP contribution in [0.2, 0.25) is 0 Å². The van der Waals surface area contributed by atoms with Gasteiger partial charge in [0.1, 0.15) is 4.90 Å². The van der Waals surface area contributed by atoms with Crippen molar-refractivity contribution in [3.8, 4) is 0 Å². The Morgan fingerprint density at radius 3 is 2.78 bits per heavy atom. The molecule has 0 saturated carbocycles. The molecule has 0 aromatic carbocycles. The molecule has 1 aromatic heterocycles. The number of hydrogen-bond acceptors (Lipinski definition) is 5. The Morgan fingerprint density at radius 1 is 1.52 bits per heavy atom. The first-order chi connectivity index (χ1) is 10.3. The number of nitrogens with one attached hydrogen (secondary N) is 1. The predicted octanol–water partition coefficient (Wildman–Crippen LogP) is -0.151. The zero-order chi connectivity index (χ0) is 16.3. The summed E-state index contributed by atoms with van der Waals surface area (Å²) in [6.07, 6.45) is 5.47. The van der Waals surface area contributed by atoms with Crippen molar-refractivity contribution in [2.75, 3.05) is 13.1 Å². The quantitative estimate of drug-likeness (QED) is 0.753. The molecule has 132 valence electrons. The topological polar surface area (TPSA) is 110 Å². The maximum atomic E-state index is 12.5. The van der Waals surface area contributed by atoms with Crippen molar-refractivity contribution in [3.05, 3.63) is 12.4 Å². The van der Waals surface area contributed by atoms with Crippen LogP contribution in [0.1, 0.15) is 26.2 Å². The van der Waals surface area contributed by atoms with Gasteiger partial charge >= 0.3 is 0 Å². The van der Waals surface area contributed by atoms with Gasteiger partial charge in [-0.2, -0.15) is 9.82 Å². The number of carbonyl (C=O) groups is 1. The van der Waals surface area contributed by atoms with E-state index in [9.17, 15) is 13.2 Å². The van der Waals surface area contributed by atoms with Gasteiger partial charge in [0.25, 0.3) is 0 Å². The van der Waals surface area contributed by atoms with Gasteiger partial charge in [-0.1, -0.05) is 0 Å². The summed E-state index contributed by atoms with van der Waals surface area (Å²) in [4.78, 5) is 14.2. The van der Waals surface area contributed by atoms with Crippen LogP contribution in [-0.2, 0) is 21.9 Å². The number of nitrogens with zero attached hydrogens (tertiary/aromatic N) is 3. The number of aromatic nitrogens is 2. The summed E-state index contributed by atoms with van der Waals surface area (Å²) < 4.78 is 28.3. The lowest BCUT2D eigenvalue weighted by atomic mass is 10.0. The van der Waals surface area contributed by atoms with Gasteiger partial charge in [0.2, 0.25) is 15.9 Å². The Kier molecular flexibility index (Phi) is 7.00. The van der Waals surface area contributed by atoms with E-state index in [1.165, 1.54) is 17.1 Å². The van der Waals surface area contributed by atoms with E-state index < -0.39 is 16.1 Å². The smallest absolute Gasteiger partial charge is 0.244 e. The normalized spacial score (nSPS) is 20.0.